The number of benzene rings is 1. The Morgan fingerprint density at radius 1 is 1.25 bits per heavy atom. The SMILES string of the molecule is O=C(NC1COC2CC1C2)c1cc(C(F)(F)F)nc2ccccc12. The first-order valence-corrected chi connectivity index (χ1v) is 7.81. The van der Waals surface area contributed by atoms with Crippen molar-refractivity contribution in [3.63, 3.8) is 0 Å². The van der Waals surface area contributed by atoms with Gasteiger partial charge in [-0.1, -0.05) is 18.2 Å². The van der Waals surface area contributed by atoms with E-state index < -0.39 is 17.8 Å². The van der Waals surface area contributed by atoms with Crippen molar-refractivity contribution in [3.05, 3.63) is 41.6 Å². The van der Waals surface area contributed by atoms with E-state index in [1.807, 2.05) is 0 Å². The third kappa shape index (κ3) is 2.62. The highest BCUT2D eigenvalue weighted by Crippen LogP contribution is 2.38. The Labute approximate surface area is 136 Å². The molecule has 126 valence electrons. The second-order valence-corrected chi connectivity index (χ2v) is 6.34. The molecule has 5 rings (SSSR count). The normalized spacial score (nSPS) is 26.0. The van der Waals surface area contributed by atoms with Gasteiger partial charge < -0.3 is 10.1 Å². The quantitative estimate of drug-likeness (QED) is 0.916. The maximum Gasteiger partial charge on any atom is 0.433 e. The predicted octanol–water partition coefficient (Wildman–Crippen LogP) is 3.16. The minimum Gasteiger partial charge on any atom is -0.376 e. The zero-order chi connectivity index (χ0) is 16.9. The van der Waals surface area contributed by atoms with Gasteiger partial charge in [0.05, 0.1) is 29.8 Å². The molecule has 0 spiro atoms. The van der Waals surface area contributed by atoms with Gasteiger partial charge in [0.15, 0.2) is 0 Å². The fourth-order valence-corrected chi connectivity index (χ4v) is 3.36. The minimum atomic E-state index is -4.60. The summed E-state index contributed by atoms with van der Waals surface area (Å²) in [5.41, 5.74) is -0.912. The molecule has 2 aromatic rings. The van der Waals surface area contributed by atoms with Crippen LogP contribution in [-0.4, -0.2) is 29.6 Å². The van der Waals surface area contributed by atoms with E-state index in [0.29, 0.717) is 17.9 Å². The third-order valence-electron chi connectivity index (χ3n) is 4.78. The Hall–Kier alpha value is -2.15. The Morgan fingerprint density at radius 2 is 2.00 bits per heavy atom. The number of nitrogens with zero attached hydrogens (tertiary/aromatic N) is 1. The van der Waals surface area contributed by atoms with Crippen LogP contribution in [0.2, 0.25) is 0 Å². The lowest BCUT2D eigenvalue weighted by atomic mass is 9.75. The van der Waals surface area contributed by atoms with E-state index in [9.17, 15) is 18.0 Å². The van der Waals surface area contributed by atoms with E-state index in [1.165, 1.54) is 6.07 Å². The number of amides is 1. The smallest absolute Gasteiger partial charge is 0.376 e. The summed E-state index contributed by atoms with van der Waals surface area (Å²) < 4.78 is 44.8. The molecule has 1 aromatic carbocycles. The molecule has 4 nitrogen and oxygen atoms in total. The van der Waals surface area contributed by atoms with Gasteiger partial charge >= 0.3 is 6.18 Å². The highest BCUT2D eigenvalue weighted by molar-refractivity contribution is 6.06. The number of alkyl halides is 3. The summed E-state index contributed by atoms with van der Waals surface area (Å²) in [7, 11) is 0. The predicted molar refractivity (Wildman–Crippen MR) is 80.5 cm³/mol. The first kappa shape index (κ1) is 15.4. The van der Waals surface area contributed by atoms with E-state index in [-0.39, 0.29) is 23.2 Å². The first-order chi connectivity index (χ1) is 11.4. The Morgan fingerprint density at radius 3 is 2.67 bits per heavy atom. The van der Waals surface area contributed by atoms with Gasteiger partial charge in [0.25, 0.3) is 5.91 Å². The van der Waals surface area contributed by atoms with Gasteiger partial charge in [0.1, 0.15) is 5.69 Å². The van der Waals surface area contributed by atoms with E-state index in [4.69, 9.17) is 4.74 Å². The standard InChI is InChI=1S/C17H15F3N2O2/c18-17(19,20)15-7-12(11-3-1-2-4-13(11)21-15)16(23)22-14-8-24-10-5-9(14)6-10/h1-4,7,9-10,14H,5-6,8H2,(H,22,23). The lowest BCUT2D eigenvalue weighted by Gasteiger charge is -2.46. The summed E-state index contributed by atoms with van der Waals surface area (Å²) in [6, 6.07) is 7.03. The summed E-state index contributed by atoms with van der Waals surface area (Å²) in [6.07, 6.45) is -2.53. The summed E-state index contributed by atoms with van der Waals surface area (Å²) in [6.45, 7) is 0.413. The molecule has 2 saturated heterocycles. The summed E-state index contributed by atoms with van der Waals surface area (Å²) >= 11 is 0. The van der Waals surface area contributed by atoms with Crippen LogP contribution in [0.5, 0.6) is 0 Å². The Bertz CT molecular complexity index is 797. The number of carbonyl (C=O) groups excluding carboxylic acids is 1. The van der Waals surface area contributed by atoms with Crippen molar-refractivity contribution in [2.45, 2.75) is 31.2 Å². The van der Waals surface area contributed by atoms with Crippen LogP contribution in [0.15, 0.2) is 30.3 Å². The first-order valence-electron chi connectivity index (χ1n) is 7.81. The molecular formula is C17H15F3N2O2. The van der Waals surface area contributed by atoms with Gasteiger partial charge in [0, 0.05) is 5.39 Å². The lowest BCUT2D eigenvalue weighted by molar-refractivity contribution is -0.141. The number of aromatic nitrogens is 1. The zero-order valence-electron chi connectivity index (χ0n) is 12.6. The molecule has 2 bridgehead atoms. The highest BCUT2D eigenvalue weighted by atomic mass is 19.4. The number of ether oxygens (including phenoxy) is 1. The zero-order valence-corrected chi connectivity index (χ0v) is 12.6. The van der Waals surface area contributed by atoms with Crippen LogP contribution in [-0.2, 0) is 10.9 Å². The molecule has 1 saturated carbocycles. The molecule has 1 aromatic heterocycles. The lowest BCUT2D eigenvalue weighted by Crippen LogP contribution is -2.55. The highest BCUT2D eigenvalue weighted by Gasteiger charge is 2.42. The number of halogens is 3. The molecule has 24 heavy (non-hydrogen) atoms. The van der Waals surface area contributed by atoms with Crippen molar-refractivity contribution in [1.29, 1.82) is 0 Å². The number of hydrogen-bond acceptors (Lipinski definition) is 3. The molecule has 1 atom stereocenters. The molecule has 2 aliphatic heterocycles. The van der Waals surface area contributed by atoms with Crippen molar-refractivity contribution in [3.8, 4) is 0 Å². The second-order valence-electron chi connectivity index (χ2n) is 6.34. The topological polar surface area (TPSA) is 51.2 Å². The van der Waals surface area contributed by atoms with Gasteiger partial charge in [-0.05, 0) is 30.9 Å². The average Bonchev–Trinajstić information content (AvgIpc) is 2.52. The minimum absolute atomic E-state index is 0.00521. The average molecular weight is 336 g/mol. The maximum atomic E-state index is 13.1. The Kier molecular flexibility index (Phi) is 3.49. The molecule has 3 heterocycles. The number of rotatable bonds is 2. The number of pyridine rings is 1. The van der Waals surface area contributed by atoms with Crippen LogP contribution in [0.4, 0.5) is 13.2 Å². The molecule has 3 fully saturated rings. The van der Waals surface area contributed by atoms with Gasteiger partial charge in [-0.3, -0.25) is 4.79 Å². The molecule has 7 heteroatoms. The molecule has 1 aliphatic carbocycles. The van der Waals surface area contributed by atoms with Crippen LogP contribution in [0.1, 0.15) is 28.9 Å². The maximum absolute atomic E-state index is 13.1. The second kappa shape index (κ2) is 5.44. The third-order valence-corrected chi connectivity index (χ3v) is 4.78. The number of para-hydroxylation sites is 1. The fourth-order valence-electron chi connectivity index (χ4n) is 3.36. The number of hydrogen-bond donors (Lipinski definition) is 1. The van der Waals surface area contributed by atoms with Gasteiger partial charge in [-0.2, -0.15) is 13.2 Å². The number of nitrogens with one attached hydrogen (secondary N) is 1. The van der Waals surface area contributed by atoms with Crippen LogP contribution in [0.25, 0.3) is 10.9 Å². The van der Waals surface area contributed by atoms with Gasteiger partial charge in [-0.25, -0.2) is 4.98 Å². The number of fused-ring (bicyclic) bond motifs is 3. The molecule has 1 unspecified atom stereocenters. The largest absolute Gasteiger partial charge is 0.433 e. The van der Waals surface area contributed by atoms with Crippen LogP contribution in [0, 0.1) is 5.92 Å². The summed E-state index contributed by atoms with van der Waals surface area (Å²) in [5, 5.41) is 3.24. The van der Waals surface area contributed by atoms with E-state index in [1.54, 1.807) is 18.2 Å². The van der Waals surface area contributed by atoms with Crippen LogP contribution in [0.3, 0.4) is 0 Å². The van der Waals surface area contributed by atoms with E-state index in [0.717, 1.165) is 18.9 Å². The summed E-state index contributed by atoms with van der Waals surface area (Å²) in [4.78, 5) is 16.2. The van der Waals surface area contributed by atoms with Gasteiger partial charge in [-0.15, -0.1) is 0 Å². The van der Waals surface area contributed by atoms with Crippen molar-refractivity contribution < 1.29 is 22.7 Å². The van der Waals surface area contributed by atoms with Crippen molar-refractivity contribution in [1.82, 2.24) is 10.3 Å². The van der Waals surface area contributed by atoms with Crippen molar-refractivity contribution in [2.24, 2.45) is 5.92 Å². The molecule has 0 radical (unpaired) electrons. The van der Waals surface area contributed by atoms with Gasteiger partial charge in [0.2, 0.25) is 0 Å². The van der Waals surface area contributed by atoms with E-state index in [2.05, 4.69) is 10.3 Å². The summed E-state index contributed by atoms with van der Waals surface area (Å²) in [5.74, 6) is -0.166. The molecular weight excluding hydrogens is 321 g/mol. The fraction of sp³-hybridized carbons (Fsp3) is 0.412. The Balaban J connectivity index is 1.70. The van der Waals surface area contributed by atoms with E-state index >= 15 is 0 Å². The molecule has 1 amide bonds. The van der Waals surface area contributed by atoms with Crippen molar-refractivity contribution in [2.75, 3.05) is 6.61 Å². The van der Waals surface area contributed by atoms with Crippen molar-refractivity contribution >= 4 is 16.8 Å². The monoisotopic (exact) mass is 336 g/mol. The molecule has 3 aliphatic rings. The molecule has 1 N–H and O–H groups in total. The van der Waals surface area contributed by atoms with Crippen LogP contribution < -0.4 is 5.32 Å². The number of carbonyl (C=O) groups is 1. The van der Waals surface area contributed by atoms with Crippen LogP contribution >= 0.6 is 0 Å².